The average Bonchev–Trinajstić information content (AvgIpc) is 2.83. The zero-order chi connectivity index (χ0) is 16.8. The molecule has 1 N–H and O–H groups in total. The summed E-state index contributed by atoms with van der Waals surface area (Å²) in [6.07, 6.45) is 1.21. The van der Waals surface area contributed by atoms with Crippen molar-refractivity contribution in [2.24, 2.45) is 5.41 Å². The topological polar surface area (TPSA) is 109 Å². The highest BCUT2D eigenvalue weighted by atomic mass is 32.2. The molecule has 1 saturated heterocycles. The highest BCUT2D eigenvalue weighted by Crippen LogP contribution is 2.34. The Labute approximate surface area is 129 Å². The lowest BCUT2D eigenvalue weighted by atomic mass is 9.90. The van der Waals surface area contributed by atoms with E-state index in [-0.39, 0.29) is 29.3 Å². The molecule has 0 spiro atoms. The zero-order valence-corrected chi connectivity index (χ0v) is 13.8. The number of hydrogen-bond donors (Lipinski definition) is 1. The second-order valence-corrected chi connectivity index (χ2v) is 9.66. The van der Waals surface area contributed by atoms with Crippen molar-refractivity contribution in [3.63, 3.8) is 0 Å². The largest absolute Gasteiger partial charge is 0.481 e. The van der Waals surface area contributed by atoms with Gasteiger partial charge in [0.25, 0.3) is 0 Å². The molecule has 9 heteroatoms. The predicted octanol–water partition coefficient (Wildman–Crippen LogP) is 0.575. The van der Waals surface area contributed by atoms with Gasteiger partial charge in [-0.3, -0.25) is 4.79 Å². The van der Waals surface area contributed by atoms with Gasteiger partial charge in [-0.25, -0.2) is 16.8 Å². The molecule has 1 aliphatic heterocycles. The molecule has 1 aromatic rings. The van der Waals surface area contributed by atoms with Crippen LogP contribution in [0.25, 0.3) is 0 Å². The molecule has 2 rings (SSSR count). The van der Waals surface area contributed by atoms with Crippen molar-refractivity contribution in [2.45, 2.75) is 23.1 Å². The number of sulfone groups is 1. The van der Waals surface area contributed by atoms with Gasteiger partial charge >= 0.3 is 5.97 Å². The second-order valence-electron chi connectivity index (χ2n) is 5.70. The Hall–Kier alpha value is -1.45. The molecule has 0 radical (unpaired) electrons. The summed E-state index contributed by atoms with van der Waals surface area (Å²) in [5, 5.41) is 9.18. The summed E-state index contributed by atoms with van der Waals surface area (Å²) >= 11 is 0. The fourth-order valence-electron chi connectivity index (χ4n) is 2.31. The number of carbonyl (C=O) groups is 1. The predicted molar refractivity (Wildman–Crippen MR) is 78.7 cm³/mol. The van der Waals surface area contributed by atoms with Gasteiger partial charge in [-0.2, -0.15) is 4.31 Å². The molecular formula is C13H17NO6S2. The van der Waals surface area contributed by atoms with E-state index in [0.717, 1.165) is 16.6 Å². The monoisotopic (exact) mass is 347 g/mol. The maximum atomic E-state index is 12.6. The minimum atomic E-state index is -3.92. The molecule has 1 fully saturated rings. The minimum Gasteiger partial charge on any atom is -0.481 e. The highest BCUT2D eigenvalue weighted by molar-refractivity contribution is 7.91. The van der Waals surface area contributed by atoms with Crippen molar-refractivity contribution in [1.29, 1.82) is 0 Å². The number of carboxylic acids is 1. The van der Waals surface area contributed by atoms with Crippen LogP contribution in [-0.2, 0) is 24.7 Å². The first-order valence-corrected chi connectivity index (χ1v) is 9.84. The van der Waals surface area contributed by atoms with Gasteiger partial charge in [0.05, 0.1) is 15.2 Å². The van der Waals surface area contributed by atoms with Crippen LogP contribution in [0.3, 0.4) is 0 Å². The molecule has 0 bridgehead atoms. The van der Waals surface area contributed by atoms with Gasteiger partial charge in [-0.05, 0) is 31.5 Å². The van der Waals surface area contributed by atoms with Crippen molar-refractivity contribution in [1.82, 2.24) is 4.31 Å². The van der Waals surface area contributed by atoms with Gasteiger partial charge in [-0.15, -0.1) is 0 Å². The molecule has 0 aromatic heterocycles. The van der Waals surface area contributed by atoms with Gasteiger partial charge in [0.2, 0.25) is 10.0 Å². The number of hydrogen-bond acceptors (Lipinski definition) is 5. The van der Waals surface area contributed by atoms with E-state index < -0.39 is 31.2 Å². The van der Waals surface area contributed by atoms with Crippen LogP contribution in [0.15, 0.2) is 34.1 Å². The van der Waals surface area contributed by atoms with E-state index in [4.69, 9.17) is 0 Å². The minimum absolute atomic E-state index is 0.0891. The maximum Gasteiger partial charge on any atom is 0.310 e. The zero-order valence-electron chi connectivity index (χ0n) is 12.2. The van der Waals surface area contributed by atoms with E-state index in [2.05, 4.69) is 0 Å². The van der Waals surface area contributed by atoms with Crippen molar-refractivity contribution in [2.75, 3.05) is 19.3 Å². The first-order chi connectivity index (χ1) is 9.97. The van der Waals surface area contributed by atoms with E-state index in [0.29, 0.717) is 0 Å². The number of rotatable bonds is 4. The number of benzene rings is 1. The van der Waals surface area contributed by atoms with Crippen LogP contribution in [0.1, 0.15) is 13.3 Å². The molecule has 1 unspecified atom stereocenters. The number of carboxylic acid groups (broad SMARTS) is 1. The van der Waals surface area contributed by atoms with Gasteiger partial charge in [0.15, 0.2) is 9.84 Å². The average molecular weight is 347 g/mol. The smallest absolute Gasteiger partial charge is 0.310 e. The lowest BCUT2D eigenvalue weighted by Gasteiger charge is -2.20. The highest BCUT2D eigenvalue weighted by Gasteiger charge is 2.44. The quantitative estimate of drug-likeness (QED) is 0.853. The van der Waals surface area contributed by atoms with E-state index in [1.54, 1.807) is 0 Å². The molecule has 0 saturated carbocycles. The van der Waals surface area contributed by atoms with Crippen LogP contribution < -0.4 is 0 Å². The van der Waals surface area contributed by atoms with E-state index in [1.165, 1.54) is 25.1 Å². The molecule has 1 aromatic carbocycles. The fraction of sp³-hybridized carbons (Fsp3) is 0.462. The van der Waals surface area contributed by atoms with Crippen molar-refractivity contribution < 1.29 is 26.7 Å². The molecule has 0 amide bonds. The Balaban J connectivity index is 2.39. The number of sulfonamides is 1. The Kier molecular flexibility index (Phi) is 4.09. The normalized spacial score (nSPS) is 23.5. The Bertz CT molecular complexity index is 815. The van der Waals surface area contributed by atoms with Crippen molar-refractivity contribution in [3.05, 3.63) is 24.3 Å². The first kappa shape index (κ1) is 16.9. The molecule has 1 aliphatic rings. The first-order valence-electron chi connectivity index (χ1n) is 6.50. The van der Waals surface area contributed by atoms with Crippen LogP contribution in [0.4, 0.5) is 0 Å². The summed E-state index contributed by atoms with van der Waals surface area (Å²) in [6, 6.07) is 5.08. The summed E-state index contributed by atoms with van der Waals surface area (Å²) in [5.74, 6) is -1.05. The second kappa shape index (κ2) is 5.32. The van der Waals surface area contributed by atoms with Crippen molar-refractivity contribution in [3.8, 4) is 0 Å². The Morgan fingerprint density at radius 1 is 1.23 bits per heavy atom. The molecular weight excluding hydrogens is 330 g/mol. The molecule has 22 heavy (non-hydrogen) atoms. The third-order valence-electron chi connectivity index (χ3n) is 3.83. The van der Waals surface area contributed by atoms with Crippen LogP contribution in [-0.4, -0.2) is 51.6 Å². The molecule has 0 aliphatic carbocycles. The lowest BCUT2D eigenvalue weighted by Crippen LogP contribution is -2.34. The van der Waals surface area contributed by atoms with Crippen LogP contribution in [0.2, 0.25) is 0 Å². The van der Waals surface area contributed by atoms with E-state index >= 15 is 0 Å². The number of nitrogens with zero attached hydrogens (tertiary/aromatic N) is 1. The fourth-order valence-corrected chi connectivity index (χ4v) is 4.67. The molecule has 1 heterocycles. The Morgan fingerprint density at radius 3 is 2.32 bits per heavy atom. The molecule has 122 valence electrons. The third-order valence-corrected chi connectivity index (χ3v) is 6.78. The van der Waals surface area contributed by atoms with Gasteiger partial charge < -0.3 is 5.11 Å². The SMILES string of the molecule is CC1(C(=O)O)CCN(S(=O)(=O)c2cccc(S(C)(=O)=O)c2)C1. The lowest BCUT2D eigenvalue weighted by molar-refractivity contribution is -0.146. The van der Waals surface area contributed by atoms with Crippen LogP contribution >= 0.6 is 0 Å². The van der Waals surface area contributed by atoms with Gasteiger partial charge in [-0.1, -0.05) is 6.07 Å². The number of aliphatic carboxylic acids is 1. The summed E-state index contributed by atoms with van der Waals surface area (Å²) in [4.78, 5) is 11.0. The summed E-state index contributed by atoms with van der Waals surface area (Å²) < 4.78 is 49.3. The maximum absolute atomic E-state index is 12.6. The standard InChI is InChI=1S/C13H17NO6S2/c1-13(12(15)16)6-7-14(9-13)22(19,20)11-5-3-4-10(8-11)21(2,17)18/h3-5,8H,6-7,9H2,1-2H3,(H,15,16). The van der Waals surface area contributed by atoms with Gasteiger partial charge in [0, 0.05) is 19.3 Å². The van der Waals surface area contributed by atoms with Crippen LogP contribution in [0.5, 0.6) is 0 Å². The summed E-state index contributed by atoms with van der Waals surface area (Å²) in [5.41, 5.74) is -1.12. The van der Waals surface area contributed by atoms with E-state index in [9.17, 15) is 26.7 Å². The summed E-state index contributed by atoms with van der Waals surface area (Å²) in [7, 11) is -7.44. The van der Waals surface area contributed by atoms with Crippen LogP contribution in [0, 0.1) is 5.41 Å². The van der Waals surface area contributed by atoms with Gasteiger partial charge in [0.1, 0.15) is 0 Å². The Morgan fingerprint density at radius 2 is 1.82 bits per heavy atom. The van der Waals surface area contributed by atoms with Crippen molar-refractivity contribution >= 4 is 25.8 Å². The molecule has 7 nitrogen and oxygen atoms in total. The molecule has 1 atom stereocenters. The van der Waals surface area contributed by atoms with E-state index in [1.807, 2.05) is 0 Å². The summed E-state index contributed by atoms with van der Waals surface area (Å²) in [6.45, 7) is 1.46. The third kappa shape index (κ3) is 3.01.